The van der Waals surface area contributed by atoms with Gasteiger partial charge in [-0.05, 0) is 20.2 Å². The van der Waals surface area contributed by atoms with E-state index in [1.807, 2.05) is 38.6 Å². The van der Waals surface area contributed by atoms with E-state index in [4.69, 9.17) is 4.74 Å². The molecule has 0 spiro atoms. The molecule has 1 N–H and O–H groups in total. The molecule has 0 fully saturated rings. The van der Waals surface area contributed by atoms with Crippen LogP contribution in [0.1, 0.15) is 17.4 Å². The molecule has 1 aromatic carbocycles. The molecule has 21 heavy (non-hydrogen) atoms. The molecule has 5 heteroatoms. The van der Waals surface area contributed by atoms with Crippen LogP contribution in [0.5, 0.6) is 5.75 Å². The van der Waals surface area contributed by atoms with Crippen molar-refractivity contribution in [1.29, 1.82) is 0 Å². The van der Waals surface area contributed by atoms with Gasteiger partial charge in [-0.3, -0.25) is 4.90 Å². The topological polar surface area (TPSA) is 42.3 Å². The Labute approximate surface area is 125 Å². The number of aromatic nitrogens is 2. The molecular weight excluding hydrogens is 264 g/mol. The van der Waals surface area contributed by atoms with E-state index in [0.717, 1.165) is 18.1 Å². The third-order valence-electron chi connectivity index (χ3n) is 4.24. The lowest BCUT2D eigenvalue weighted by Gasteiger charge is -2.38. The Kier molecular flexibility index (Phi) is 3.94. The number of nitrogens with one attached hydrogen (secondary N) is 1. The van der Waals surface area contributed by atoms with Gasteiger partial charge in [0.1, 0.15) is 18.2 Å². The van der Waals surface area contributed by atoms with Gasteiger partial charge in [-0.1, -0.05) is 18.2 Å². The largest absolute Gasteiger partial charge is 0.492 e. The number of ether oxygens (including phenoxy) is 1. The molecule has 5 nitrogen and oxygen atoms in total. The highest BCUT2D eigenvalue weighted by Gasteiger charge is 2.32. The van der Waals surface area contributed by atoms with Crippen molar-refractivity contribution in [1.82, 2.24) is 19.8 Å². The van der Waals surface area contributed by atoms with Crippen LogP contribution >= 0.6 is 0 Å². The second kappa shape index (κ2) is 5.87. The molecule has 3 rings (SSSR count). The number of nitrogens with zero attached hydrogens (tertiary/aromatic N) is 3. The monoisotopic (exact) mass is 286 g/mol. The maximum atomic E-state index is 5.93. The van der Waals surface area contributed by atoms with Gasteiger partial charge in [0.25, 0.3) is 0 Å². The minimum atomic E-state index is 0.264. The van der Waals surface area contributed by atoms with Crippen LogP contribution in [0.25, 0.3) is 0 Å². The van der Waals surface area contributed by atoms with Crippen molar-refractivity contribution in [3.05, 3.63) is 48.0 Å². The number of rotatable bonds is 4. The summed E-state index contributed by atoms with van der Waals surface area (Å²) in [7, 11) is 6.16. The standard InChI is InChI=1S/C16H22N4O/c1-17-16-12-6-4-5-7-14(12)21-11-13(16)20(3)10-15-18-8-9-19(15)2/h4-9,13,16-17H,10-11H2,1-3H3. The third-order valence-corrected chi connectivity index (χ3v) is 4.24. The Hall–Kier alpha value is -1.85. The van der Waals surface area contributed by atoms with Crippen molar-refractivity contribution in [2.24, 2.45) is 7.05 Å². The highest BCUT2D eigenvalue weighted by molar-refractivity contribution is 5.38. The van der Waals surface area contributed by atoms with Gasteiger partial charge in [-0.15, -0.1) is 0 Å². The minimum Gasteiger partial charge on any atom is -0.492 e. The number of fused-ring (bicyclic) bond motifs is 1. The Morgan fingerprint density at radius 3 is 2.95 bits per heavy atom. The number of likely N-dealkylation sites (N-methyl/N-ethyl adjacent to an activating group) is 2. The fourth-order valence-corrected chi connectivity index (χ4v) is 2.97. The molecule has 1 aliphatic rings. The third kappa shape index (κ3) is 2.66. The van der Waals surface area contributed by atoms with Crippen LogP contribution < -0.4 is 10.1 Å². The van der Waals surface area contributed by atoms with Crippen LogP contribution in [0.4, 0.5) is 0 Å². The van der Waals surface area contributed by atoms with Crippen LogP contribution in [0.15, 0.2) is 36.7 Å². The second-order valence-electron chi connectivity index (χ2n) is 5.55. The molecule has 0 amide bonds. The minimum absolute atomic E-state index is 0.264. The second-order valence-corrected chi connectivity index (χ2v) is 5.55. The van der Waals surface area contributed by atoms with E-state index in [9.17, 15) is 0 Å². The molecule has 112 valence electrons. The molecule has 2 aromatic rings. The van der Waals surface area contributed by atoms with Crippen LogP contribution in [-0.4, -0.2) is 41.2 Å². The maximum Gasteiger partial charge on any atom is 0.124 e. The van der Waals surface area contributed by atoms with Crippen molar-refractivity contribution < 1.29 is 4.74 Å². The van der Waals surface area contributed by atoms with Crippen molar-refractivity contribution >= 4 is 0 Å². The highest BCUT2D eigenvalue weighted by Crippen LogP contribution is 2.33. The van der Waals surface area contributed by atoms with Gasteiger partial charge < -0.3 is 14.6 Å². The van der Waals surface area contributed by atoms with Gasteiger partial charge in [0.15, 0.2) is 0 Å². The smallest absolute Gasteiger partial charge is 0.124 e. The van der Waals surface area contributed by atoms with Crippen molar-refractivity contribution in [2.45, 2.75) is 18.6 Å². The molecule has 0 aliphatic carbocycles. The average molecular weight is 286 g/mol. The SMILES string of the molecule is CNC1c2ccccc2OCC1N(C)Cc1nccn1C. The molecule has 1 aliphatic heterocycles. The van der Waals surface area contributed by atoms with Crippen LogP contribution in [0, 0.1) is 0 Å². The van der Waals surface area contributed by atoms with E-state index in [0.29, 0.717) is 6.61 Å². The molecule has 0 radical (unpaired) electrons. The zero-order valence-corrected chi connectivity index (χ0v) is 12.8. The molecule has 0 saturated carbocycles. The fraction of sp³-hybridized carbons (Fsp3) is 0.438. The summed E-state index contributed by atoms with van der Waals surface area (Å²) in [6.07, 6.45) is 3.82. The zero-order valence-electron chi connectivity index (χ0n) is 12.8. The summed E-state index contributed by atoms with van der Waals surface area (Å²) in [4.78, 5) is 6.71. The van der Waals surface area contributed by atoms with Gasteiger partial charge in [0.2, 0.25) is 0 Å². The van der Waals surface area contributed by atoms with Gasteiger partial charge in [-0.25, -0.2) is 4.98 Å². The molecule has 2 atom stereocenters. The summed E-state index contributed by atoms with van der Waals surface area (Å²) < 4.78 is 7.99. The Balaban J connectivity index is 1.80. The molecule has 1 aromatic heterocycles. The number of aryl methyl sites for hydroxylation is 1. The first-order valence-corrected chi connectivity index (χ1v) is 7.26. The maximum absolute atomic E-state index is 5.93. The summed E-state index contributed by atoms with van der Waals surface area (Å²) in [6.45, 7) is 1.49. The molecular formula is C16H22N4O. The van der Waals surface area contributed by atoms with Crippen molar-refractivity contribution in [3.8, 4) is 5.75 Å². The lowest BCUT2D eigenvalue weighted by Crippen LogP contribution is -2.47. The fourth-order valence-electron chi connectivity index (χ4n) is 2.97. The summed E-state index contributed by atoms with van der Waals surface area (Å²) in [5, 5.41) is 3.44. The summed E-state index contributed by atoms with van der Waals surface area (Å²) in [5.74, 6) is 2.05. The Bertz CT molecular complexity index is 610. The number of benzene rings is 1. The van der Waals surface area contributed by atoms with E-state index in [1.54, 1.807) is 0 Å². The van der Waals surface area contributed by atoms with E-state index in [1.165, 1.54) is 5.56 Å². The highest BCUT2D eigenvalue weighted by atomic mass is 16.5. The average Bonchev–Trinajstić information content (AvgIpc) is 2.91. The van der Waals surface area contributed by atoms with Crippen molar-refractivity contribution in [3.63, 3.8) is 0 Å². The quantitative estimate of drug-likeness (QED) is 0.926. The van der Waals surface area contributed by atoms with Gasteiger partial charge in [0, 0.05) is 25.0 Å². The predicted molar refractivity (Wildman–Crippen MR) is 82.2 cm³/mol. The first-order valence-electron chi connectivity index (χ1n) is 7.26. The van der Waals surface area contributed by atoms with Crippen LogP contribution in [-0.2, 0) is 13.6 Å². The number of para-hydroxylation sites is 1. The first kappa shape index (κ1) is 14.1. The van der Waals surface area contributed by atoms with Gasteiger partial charge in [0.05, 0.1) is 18.6 Å². The van der Waals surface area contributed by atoms with Gasteiger partial charge >= 0.3 is 0 Å². The molecule has 2 heterocycles. The number of hydrogen-bond acceptors (Lipinski definition) is 4. The molecule has 0 bridgehead atoms. The van der Waals surface area contributed by atoms with Crippen molar-refractivity contribution in [2.75, 3.05) is 20.7 Å². The number of imidazole rings is 1. The summed E-state index contributed by atoms with van der Waals surface area (Å²) in [5.41, 5.74) is 1.22. The normalized spacial score (nSPS) is 21.1. The summed E-state index contributed by atoms with van der Waals surface area (Å²) in [6, 6.07) is 8.80. The predicted octanol–water partition coefficient (Wildman–Crippen LogP) is 1.57. The Morgan fingerprint density at radius 2 is 2.24 bits per heavy atom. The lowest BCUT2D eigenvalue weighted by atomic mass is 9.95. The number of hydrogen-bond donors (Lipinski definition) is 1. The first-order chi connectivity index (χ1) is 10.2. The van der Waals surface area contributed by atoms with E-state index in [2.05, 4.69) is 38.9 Å². The van der Waals surface area contributed by atoms with Crippen LogP contribution in [0.3, 0.4) is 0 Å². The van der Waals surface area contributed by atoms with E-state index >= 15 is 0 Å². The zero-order chi connectivity index (χ0) is 14.8. The summed E-state index contributed by atoms with van der Waals surface area (Å²) >= 11 is 0. The van der Waals surface area contributed by atoms with E-state index in [-0.39, 0.29) is 12.1 Å². The van der Waals surface area contributed by atoms with Gasteiger partial charge in [-0.2, -0.15) is 0 Å². The van der Waals surface area contributed by atoms with E-state index < -0.39 is 0 Å². The molecule has 0 saturated heterocycles. The Morgan fingerprint density at radius 1 is 1.43 bits per heavy atom. The molecule has 2 unspecified atom stereocenters. The van der Waals surface area contributed by atoms with Crippen LogP contribution in [0.2, 0.25) is 0 Å². The lowest BCUT2D eigenvalue weighted by molar-refractivity contribution is 0.101.